The van der Waals surface area contributed by atoms with Crippen LogP contribution >= 0.6 is 0 Å². The van der Waals surface area contributed by atoms with Gasteiger partial charge in [0.25, 0.3) is 0 Å². The second-order valence-corrected chi connectivity index (χ2v) is 5.04. The van der Waals surface area contributed by atoms with Crippen LogP contribution in [0.3, 0.4) is 0 Å². The number of aromatic nitrogens is 2. The van der Waals surface area contributed by atoms with Crippen molar-refractivity contribution in [2.75, 3.05) is 13.2 Å². The van der Waals surface area contributed by atoms with Crippen LogP contribution in [0.1, 0.15) is 18.8 Å². The Morgan fingerprint density at radius 2 is 2.00 bits per heavy atom. The van der Waals surface area contributed by atoms with Gasteiger partial charge in [-0.2, -0.15) is 0 Å². The molecule has 22 heavy (non-hydrogen) atoms. The zero-order valence-corrected chi connectivity index (χ0v) is 12.4. The summed E-state index contributed by atoms with van der Waals surface area (Å²) in [5.74, 6) is 0.370. The van der Waals surface area contributed by atoms with Gasteiger partial charge in [-0.3, -0.25) is 4.57 Å². The molecule has 0 saturated heterocycles. The van der Waals surface area contributed by atoms with E-state index in [-0.39, 0.29) is 11.9 Å². The Morgan fingerprint density at radius 1 is 1.23 bits per heavy atom. The van der Waals surface area contributed by atoms with Crippen LogP contribution < -0.4 is 5.73 Å². The zero-order valence-electron chi connectivity index (χ0n) is 12.4. The average Bonchev–Trinajstić information content (AvgIpc) is 2.92. The van der Waals surface area contributed by atoms with Crippen molar-refractivity contribution in [1.82, 2.24) is 9.55 Å². The summed E-state index contributed by atoms with van der Waals surface area (Å²) in [6.45, 7) is 2.88. The van der Waals surface area contributed by atoms with Crippen molar-refractivity contribution in [3.8, 4) is 5.69 Å². The van der Waals surface area contributed by atoms with Gasteiger partial charge in [0.1, 0.15) is 11.6 Å². The first-order chi connectivity index (χ1) is 10.7. The number of nitrogens with two attached hydrogens (primary N) is 1. The number of halogens is 1. The standard InChI is InChI=1S/C17H18FN3O/c1-2-22-11-14(19)17-20-15-9-8-12(18)10-16(15)21(17)13-6-4-3-5-7-13/h3-10,14H,2,11,19H2,1H3. The maximum Gasteiger partial charge on any atom is 0.133 e. The number of fused-ring (bicyclic) bond motifs is 1. The Labute approximate surface area is 128 Å². The third-order valence-electron chi connectivity index (χ3n) is 3.49. The first-order valence-electron chi connectivity index (χ1n) is 7.27. The van der Waals surface area contributed by atoms with Gasteiger partial charge in [0.15, 0.2) is 0 Å². The molecule has 1 unspecified atom stereocenters. The smallest absolute Gasteiger partial charge is 0.133 e. The van der Waals surface area contributed by atoms with Crippen molar-refractivity contribution < 1.29 is 9.13 Å². The number of hydrogen-bond donors (Lipinski definition) is 1. The van der Waals surface area contributed by atoms with Crippen LogP contribution in [-0.4, -0.2) is 22.8 Å². The Bertz CT molecular complexity index is 770. The number of nitrogens with zero attached hydrogens (tertiary/aromatic N) is 2. The molecule has 1 aromatic heterocycles. The first kappa shape index (κ1) is 14.7. The molecule has 0 aliphatic heterocycles. The SMILES string of the molecule is CCOCC(N)c1nc2ccc(F)cc2n1-c1ccccc1. The molecule has 3 rings (SSSR count). The molecule has 0 saturated carbocycles. The highest BCUT2D eigenvalue weighted by atomic mass is 19.1. The second kappa shape index (κ2) is 6.25. The predicted octanol–water partition coefficient (Wildman–Crippen LogP) is 3.20. The van der Waals surface area contributed by atoms with Gasteiger partial charge in [0, 0.05) is 18.4 Å². The molecule has 0 aliphatic carbocycles. The highest BCUT2D eigenvalue weighted by Gasteiger charge is 2.18. The molecule has 0 radical (unpaired) electrons. The van der Waals surface area contributed by atoms with E-state index in [2.05, 4.69) is 4.98 Å². The van der Waals surface area contributed by atoms with E-state index in [4.69, 9.17) is 10.5 Å². The van der Waals surface area contributed by atoms with Gasteiger partial charge in [-0.15, -0.1) is 0 Å². The van der Waals surface area contributed by atoms with Crippen molar-refractivity contribution >= 4 is 11.0 Å². The topological polar surface area (TPSA) is 53.1 Å². The molecule has 5 heteroatoms. The van der Waals surface area contributed by atoms with Gasteiger partial charge in [-0.1, -0.05) is 18.2 Å². The number of ether oxygens (including phenoxy) is 1. The monoisotopic (exact) mass is 299 g/mol. The van der Waals surface area contributed by atoms with Crippen molar-refractivity contribution in [3.63, 3.8) is 0 Å². The van der Waals surface area contributed by atoms with Gasteiger partial charge < -0.3 is 10.5 Å². The lowest BCUT2D eigenvalue weighted by atomic mass is 10.2. The van der Waals surface area contributed by atoms with Crippen LogP contribution in [0.5, 0.6) is 0 Å². The van der Waals surface area contributed by atoms with Crippen molar-refractivity contribution in [1.29, 1.82) is 0 Å². The molecule has 0 amide bonds. The lowest BCUT2D eigenvalue weighted by molar-refractivity contribution is 0.131. The minimum atomic E-state index is -0.379. The van der Waals surface area contributed by atoms with Crippen LogP contribution in [0.15, 0.2) is 48.5 Å². The summed E-state index contributed by atoms with van der Waals surface area (Å²) in [5.41, 5.74) is 8.54. The Kier molecular flexibility index (Phi) is 4.18. The second-order valence-electron chi connectivity index (χ2n) is 5.04. The van der Waals surface area contributed by atoms with Gasteiger partial charge in [0.05, 0.1) is 23.7 Å². The van der Waals surface area contributed by atoms with E-state index in [0.717, 1.165) is 5.69 Å². The summed E-state index contributed by atoms with van der Waals surface area (Å²) < 4.78 is 20.9. The van der Waals surface area contributed by atoms with E-state index < -0.39 is 0 Å². The van der Waals surface area contributed by atoms with Gasteiger partial charge >= 0.3 is 0 Å². The van der Waals surface area contributed by atoms with Crippen LogP contribution in [0, 0.1) is 5.82 Å². The molecule has 0 bridgehead atoms. The number of imidazole rings is 1. The summed E-state index contributed by atoms with van der Waals surface area (Å²) in [6, 6.07) is 13.9. The predicted molar refractivity (Wildman–Crippen MR) is 84.4 cm³/mol. The molecule has 0 fully saturated rings. The maximum atomic E-state index is 13.6. The molecule has 0 aliphatic rings. The Hall–Kier alpha value is -2.24. The largest absolute Gasteiger partial charge is 0.380 e. The molecule has 3 aromatic rings. The third kappa shape index (κ3) is 2.73. The Balaban J connectivity index is 2.18. The minimum absolute atomic E-state index is 0.297. The van der Waals surface area contributed by atoms with Gasteiger partial charge in [-0.25, -0.2) is 9.37 Å². The van der Waals surface area contributed by atoms with E-state index in [1.807, 2.05) is 41.8 Å². The van der Waals surface area contributed by atoms with Gasteiger partial charge in [0.2, 0.25) is 0 Å². The fraction of sp³-hybridized carbons (Fsp3) is 0.235. The number of benzene rings is 2. The molecule has 114 valence electrons. The Morgan fingerprint density at radius 3 is 2.73 bits per heavy atom. The molecule has 1 heterocycles. The van der Waals surface area contributed by atoms with E-state index in [9.17, 15) is 4.39 Å². The zero-order chi connectivity index (χ0) is 15.5. The molecular formula is C17H18FN3O. The minimum Gasteiger partial charge on any atom is -0.380 e. The molecule has 0 spiro atoms. The summed E-state index contributed by atoms with van der Waals surface area (Å²) in [7, 11) is 0. The van der Waals surface area contributed by atoms with Crippen LogP contribution in [0.25, 0.3) is 16.7 Å². The number of rotatable bonds is 5. The first-order valence-corrected chi connectivity index (χ1v) is 7.27. The third-order valence-corrected chi connectivity index (χ3v) is 3.49. The highest BCUT2D eigenvalue weighted by molar-refractivity contribution is 5.78. The lowest BCUT2D eigenvalue weighted by Crippen LogP contribution is -2.21. The normalized spacial score (nSPS) is 12.7. The quantitative estimate of drug-likeness (QED) is 0.787. The molecule has 2 N–H and O–H groups in total. The maximum absolute atomic E-state index is 13.6. The van der Waals surface area contributed by atoms with E-state index in [1.54, 1.807) is 6.07 Å². The van der Waals surface area contributed by atoms with Crippen molar-refractivity contribution in [3.05, 3.63) is 60.2 Å². The fourth-order valence-electron chi connectivity index (χ4n) is 2.48. The van der Waals surface area contributed by atoms with Crippen LogP contribution in [-0.2, 0) is 4.74 Å². The van der Waals surface area contributed by atoms with Crippen molar-refractivity contribution in [2.24, 2.45) is 5.73 Å². The van der Waals surface area contributed by atoms with Crippen LogP contribution in [0.2, 0.25) is 0 Å². The summed E-state index contributed by atoms with van der Waals surface area (Å²) in [4.78, 5) is 4.57. The number of para-hydroxylation sites is 1. The average molecular weight is 299 g/mol. The van der Waals surface area contributed by atoms with E-state index >= 15 is 0 Å². The lowest BCUT2D eigenvalue weighted by Gasteiger charge is -2.14. The molecule has 2 aromatic carbocycles. The fourth-order valence-corrected chi connectivity index (χ4v) is 2.48. The summed E-state index contributed by atoms with van der Waals surface area (Å²) >= 11 is 0. The summed E-state index contributed by atoms with van der Waals surface area (Å²) in [5, 5.41) is 0. The molecular weight excluding hydrogens is 281 g/mol. The van der Waals surface area contributed by atoms with E-state index in [1.165, 1.54) is 12.1 Å². The van der Waals surface area contributed by atoms with Gasteiger partial charge in [-0.05, 0) is 31.2 Å². The number of hydrogen-bond acceptors (Lipinski definition) is 3. The molecule has 4 nitrogen and oxygen atoms in total. The van der Waals surface area contributed by atoms with Crippen LogP contribution in [0.4, 0.5) is 4.39 Å². The van der Waals surface area contributed by atoms with Crippen molar-refractivity contribution in [2.45, 2.75) is 13.0 Å². The van der Waals surface area contributed by atoms with E-state index in [0.29, 0.717) is 30.1 Å². The molecule has 1 atom stereocenters. The highest BCUT2D eigenvalue weighted by Crippen LogP contribution is 2.25. The summed E-state index contributed by atoms with van der Waals surface area (Å²) in [6.07, 6.45) is 0.